The van der Waals surface area contributed by atoms with Gasteiger partial charge in [0, 0.05) is 6.07 Å². The molecule has 29 heavy (non-hydrogen) atoms. The highest BCUT2D eigenvalue weighted by atomic mass is 16.5. The summed E-state index contributed by atoms with van der Waals surface area (Å²) in [6.07, 6.45) is 1.64. The predicted molar refractivity (Wildman–Crippen MR) is 110 cm³/mol. The number of fused-ring (bicyclic) bond motifs is 1. The summed E-state index contributed by atoms with van der Waals surface area (Å²) in [7, 11) is 3.20. The number of methoxy groups -OCH3 is 2. The molecule has 0 atom stereocenters. The van der Waals surface area contributed by atoms with Crippen molar-refractivity contribution in [3.63, 3.8) is 0 Å². The van der Waals surface area contributed by atoms with Crippen LogP contribution in [0.25, 0.3) is 22.0 Å². The Labute approximate surface area is 167 Å². The first kappa shape index (κ1) is 18.7. The van der Waals surface area contributed by atoms with Crippen LogP contribution in [0.1, 0.15) is 17.1 Å². The molecule has 7 nitrogen and oxygen atoms in total. The van der Waals surface area contributed by atoms with Crippen LogP contribution >= 0.6 is 0 Å². The molecule has 0 bridgehead atoms. The highest BCUT2D eigenvalue weighted by molar-refractivity contribution is 5.98. The standard InChI is InChI=1S/C22H21N3O4/c1-13-20(14(2)29-24-13)21-18(28-4)9-5-15-6-10-19(26)25(22(15)21)12-16-7-8-17(27-3)11-23-16/h5-11H,12H2,1-4H3. The Kier molecular flexibility index (Phi) is 4.80. The molecule has 0 saturated heterocycles. The van der Waals surface area contributed by atoms with Gasteiger partial charge in [0.15, 0.2) is 0 Å². The van der Waals surface area contributed by atoms with Gasteiger partial charge >= 0.3 is 0 Å². The second-order valence-corrected chi connectivity index (χ2v) is 6.73. The van der Waals surface area contributed by atoms with Gasteiger partial charge in [-0.25, -0.2) is 0 Å². The van der Waals surface area contributed by atoms with Crippen LogP contribution in [-0.4, -0.2) is 28.9 Å². The van der Waals surface area contributed by atoms with Crippen molar-refractivity contribution >= 4 is 10.9 Å². The molecule has 0 fully saturated rings. The Morgan fingerprint density at radius 3 is 2.41 bits per heavy atom. The van der Waals surface area contributed by atoms with Crippen LogP contribution in [0, 0.1) is 13.8 Å². The maximum atomic E-state index is 12.9. The molecule has 0 aliphatic carbocycles. The Balaban J connectivity index is 2.01. The van der Waals surface area contributed by atoms with Crippen molar-refractivity contribution in [2.24, 2.45) is 0 Å². The van der Waals surface area contributed by atoms with Crippen molar-refractivity contribution in [3.05, 3.63) is 70.1 Å². The number of rotatable bonds is 5. The number of pyridine rings is 2. The molecule has 7 heteroatoms. The second-order valence-electron chi connectivity index (χ2n) is 6.73. The number of aromatic nitrogens is 3. The van der Waals surface area contributed by atoms with Gasteiger partial charge in [0.2, 0.25) is 0 Å². The Morgan fingerprint density at radius 2 is 1.79 bits per heavy atom. The van der Waals surface area contributed by atoms with E-state index in [0.29, 0.717) is 23.8 Å². The van der Waals surface area contributed by atoms with E-state index in [4.69, 9.17) is 14.0 Å². The molecule has 3 heterocycles. The summed E-state index contributed by atoms with van der Waals surface area (Å²) < 4.78 is 17.9. The molecule has 0 spiro atoms. The summed E-state index contributed by atoms with van der Waals surface area (Å²) >= 11 is 0. The second kappa shape index (κ2) is 7.43. The average Bonchev–Trinajstić information content (AvgIpc) is 3.07. The molecule has 4 rings (SSSR count). The Hall–Kier alpha value is -3.61. The van der Waals surface area contributed by atoms with Gasteiger partial charge in [0.25, 0.3) is 5.56 Å². The molecule has 0 radical (unpaired) electrons. The number of nitrogens with zero attached hydrogens (tertiary/aromatic N) is 3. The highest BCUT2D eigenvalue weighted by Crippen LogP contribution is 2.39. The van der Waals surface area contributed by atoms with Crippen LogP contribution in [0.5, 0.6) is 11.5 Å². The van der Waals surface area contributed by atoms with Crippen molar-refractivity contribution in [1.82, 2.24) is 14.7 Å². The van der Waals surface area contributed by atoms with Gasteiger partial charge < -0.3 is 18.6 Å². The third kappa shape index (κ3) is 3.24. The minimum atomic E-state index is -0.128. The number of hydrogen-bond acceptors (Lipinski definition) is 6. The van der Waals surface area contributed by atoms with Crippen molar-refractivity contribution < 1.29 is 14.0 Å². The van der Waals surface area contributed by atoms with Crippen LogP contribution in [-0.2, 0) is 6.54 Å². The molecule has 148 valence electrons. The fourth-order valence-electron chi connectivity index (χ4n) is 3.57. The molecule has 0 aliphatic rings. The third-order valence-electron chi connectivity index (χ3n) is 4.97. The summed E-state index contributed by atoms with van der Waals surface area (Å²) in [4.78, 5) is 17.3. The lowest BCUT2D eigenvalue weighted by atomic mass is 9.99. The van der Waals surface area contributed by atoms with E-state index in [0.717, 1.165) is 33.4 Å². The monoisotopic (exact) mass is 391 g/mol. The smallest absolute Gasteiger partial charge is 0.251 e. The van der Waals surface area contributed by atoms with Crippen LogP contribution in [0.2, 0.25) is 0 Å². The summed E-state index contributed by atoms with van der Waals surface area (Å²) in [6.45, 7) is 4.04. The van der Waals surface area contributed by atoms with E-state index < -0.39 is 0 Å². The van der Waals surface area contributed by atoms with Crippen LogP contribution in [0.3, 0.4) is 0 Å². The molecule has 0 amide bonds. The van der Waals surface area contributed by atoms with E-state index in [9.17, 15) is 4.79 Å². The molecule has 4 aromatic rings. The highest BCUT2D eigenvalue weighted by Gasteiger charge is 2.21. The van der Waals surface area contributed by atoms with E-state index in [1.165, 1.54) is 0 Å². The molecule has 0 saturated carbocycles. The van der Waals surface area contributed by atoms with Crippen LogP contribution in [0.4, 0.5) is 0 Å². The molecule has 0 unspecified atom stereocenters. The van der Waals surface area contributed by atoms with Gasteiger partial charge in [-0.15, -0.1) is 0 Å². The quantitative estimate of drug-likeness (QED) is 0.516. The first-order valence-corrected chi connectivity index (χ1v) is 9.16. The SMILES string of the molecule is COc1ccc(Cn2c(=O)ccc3ccc(OC)c(-c4c(C)noc4C)c32)nc1. The lowest BCUT2D eigenvalue weighted by molar-refractivity contribution is 0.393. The lowest BCUT2D eigenvalue weighted by Gasteiger charge is -2.17. The third-order valence-corrected chi connectivity index (χ3v) is 4.97. The normalized spacial score (nSPS) is 11.0. The summed E-state index contributed by atoms with van der Waals surface area (Å²) in [5.41, 5.74) is 3.72. The zero-order chi connectivity index (χ0) is 20.5. The molecule has 1 aromatic carbocycles. The fraction of sp³-hybridized carbons (Fsp3) is 0.227. The maximum Gasteiger partial charge on any atom is 0.251 e. The van der Waals surface area contributed by atoms with Crippen LogP contribution < -0.4 is 15.0 Å². The molecule has 3 aromatic heterocycles. The fourth-order valence-corrected chi connectivity index (χ4v) is 3.57. The average molecular weight is 391 g/mol. The largest absolute Gasteiger partial charge is 0.496 e. The van der Waals surface area contributed by atoms with E-state index in [2.05, 4.69) is 10.1 Å². The first-order valence-electron chi connectivity index (χ1n) is 9.16. The predicted octanol–water partition coefficient (Wildman–Crippen LogP) is 3.73. The summed E-state index contributed by atoms with van der Waals surface area (Å²) in [6, 6.07) is 10.9. The van der Waals surface area contributed by atoms with Gasteiger partial charge in [-0.1, -0.05) is 5.16 Å². The van der Waals surface area contributed by atoms with Gasteiger partial charge in [-0.3, -0.25) is 9.78 Å². The first-order chi connectivity index (χ1) is 14.0. The van der Waals surface area contributed by atoms with Gasteiger partial charge in [0.05, 0.1) is 55.0 Å². The number of hydrogen-bond donors (Lipinski definition) is 0. The summed E-state index contributed by atoms with van der Waals surface area (Å²) in [5, 5.41) is 5.00. The molecule has 0 N–H and O–H groups in total. The zero-order valence-electron chi connectivity index (χ0n) is 16.7. The van der Waals surface area contributed by atoms with Gasteiger partial charge in [0.1, 0.15) is 17.3 Å². The zero-order valence-corrected chi connectivity index (χ0v) is 16.7. The summed E-state index contributed by atoms with van der Waals surface area (Å²) in [5.74, 6) is 1.98. The molecular formula is C22H21N3O4. The van der Waals surface area contributed by atoms with Crippen LogP contribution in [0.15, 0.2) is 51.9 Å². The van der Waals surface area contributed by atoms with Crippen molar-refractivity contribution in [2.45, 2.75) is 20.4 Å². The molecular weight excluding hydrogens is 370 g/mol. The topological polar surface area (TPSA) is 79.4 Å². The Bertz CT molecular complexity index is 1220. The minimum absolute atomic E-state index is 0.128. The number of benzene rings is 1. The maximum absolute atomic E-state index is 12.9. The van der Waals surface area contributed by atoms with Crippen molar-refractivity contribution in [2.75, 3.05) is 14.2 Å². The van der Waals surface area contributed by atoms with E-state index in [1.54, 1.807) is 31.0 Å². The van der Waals surface area contributed by atoms with Crippen molar-refractivity contribution in [3.8, 4) is 22.6 Å². The number of ether oxygens (including phenoxy) is 2. The van der Waals surface area contributed by atoms with E-state index in [-0.39, 0.29) is 5.56 Å². The van der Waals surface area contributed by atoms with E-state index >= 15 is 0 Å². The lowest BCUT2D eigenvalue weighted by Crippen LogP contribution is -2.21. The molecule has 0 aliphatic heterocycles. The van der Waals surface area contributed by atoms with Crippen molar-refractivity contribution in [1.29, 1.82) is 0 Å². The number of aryl methyl sites for hydroxylation is 2. The van der Waals surface area contributed by atoms with Gasteiger partial charge in [-0.05, 0) is 49.6 Å². The van der Waals surface area contributed by atoms with E-state index in [1.807, 2.05) is 44.2 Å². The van der Waals surface area contributed by atoms with Gasteiger partial charge in [-0.2, -0.15) is 0 Å². The Morgan fingerprint density at radius 1 is 1.00 bits per heavy atom. The minimum Gasteiger partial charge on any atom is -0.496 e.